The van der Waals surface area contributed by atoms with Crippen LogP contribution in [0.1, 0.15) is 25.3 Å². The minimum absolute atomic E-state index is 0.0413. The highest BCUT2D eigenvalue weighted by Gasteiger charge is 2.14. The van der Waals surface area contributed by atoms with Crippen molar-refractivity contribution >= 4 is 10.1 Å². The van der Waals surface area contributed by atoms with E-state index in [0.29, 0.717) is 52.9 Å². The summed E-state index contributed by atoms with van der Waals surface area (Å²) in [6.07, 6.45) is 2.43. The van der Waals surface area contributed by atoms with Crippen molar-refractivity contribution in [3.05, 3.63) is 29.8 Å². The molecule has 0 aromatic heterocycles. The standard InChI is InChI=1S/C24H43NO8S/c1-4-5-10-25(3)11-12-28-13-14-29-15-16-30-17-18-31-19-20-32-21-22-33-34(26,27)24-8-6-23(2)7-9-24/h6-9H,4-5,10-22H2,1-3H3. The van der Waals surface area contributed by atoms with Crippen LogP contribution in [-0.2, 0) is 38.0 Å². The lowest BCUT2D eigenvalue weighted by atomic mass is 10.2. The van der Waals surface area contributed by atoms with Crippen molar-refractivity contribution in [3.63, 3.8) is 0 Å². The number of likely N-dealkylation sites (N-methyl/N-ethyl adjacent to an activating group) is 1. The maximum absolute atomic E-state index is 12.0. The van der Waals surface area contributed by atoms with E-state index in [1.165, 1.54) is 25.0 Å². The first-order valence-corrected chi connectivity index (χ1v) is 13.4. The lowest BCUT2D eigenvalue weighted by Gasteiger charge is -2.15. The topological polar surface area (TPSA) is 92.8 Å². The minimum atomic E-state index is -3.75. The molecule has 1 aromatic rings. The van der Waals surface area contributed by atoms with Crippen LogP contribution in [0.25, 0.3) is 0 Å². The van der Waals surface area contributed by atoms with Crippen molar-refractivity contribution in [1.82, 2.24) is 4.90 Å². The van der Waals surface area contributed by atoms with Gasteiger partial charge in [-0.3, -0.25) is 4.18 Å². The normalized spacial score (nSPS) is 12.0. The highest BCUT2D eigenvalue weighted by molar-refractivity contribution is 7.86. The molecule has 1 aromatic carbocycles. The molecule has 198 valence electrons. The Morgan fingerprint density at radius 3 is 1.59 bits per heavy atom. The summed E-state index contributed by atoms with van der Waals surface area (Å²) in [5.41, 5.74) is 0.985. The first-order chi connectivity index (χ1) is 16.5. The molecule has 0 bridgehead atoms. The smallest absolute Gasteiger partial charge is 0.297 e. The predicted octanol–water partition coefficient (Wildman–Crippen LogP) is 2.52. The van der Waals surface area contributed by atoms with Crippen molar-refractivity contribution < 1.29 is 36.3 Å². The zero-order chi connectivity index (χ0) is 24.9. The Bertz CT molecular complexity index is 699. The molecule has 0 radical (unpaired) electrons. The molecule has 0 aliphatic carbocycles. The molecule has 9 nitrogen and oxygen atoms in total. The Morgan fingerprint density at radius 2 is 1.12 bits per heavy atom. The molecule has 0 heterocycles. The second-order valence-corrected chi connectivity index (χ2v) is 9.42. The first kappa shape index (κ1) is 30.9. The molecule has 1 rings (SSSR count). The van der Waals surface area contributed by atoms with E-state index >= 15 is 0 Å². The van der Waals surface area contributed by atoms with Crippen LogP contribution < -0.4 is 0 Å². The number of ether oxygens (including phenoxy) is 5. The van der Waals surface area contributed by atoms with Crippen LogP contribution in [0.15, 0.2) is 29.2 Å². The number of unbranched alkanes of at least 4 members (excludes halogenated alkanes) is 1. The average Bonchev–Trinajstić information content (AvgIpc) is 2.82. The van der Waals surface area contributed by atoms with Crippen molar-refractivity contribution in [2.45, 2.75) is 31.6 Å². The van der Waals surface area contributed by atoms with Crippen molar-refractivity contribution in [1.29, 1.82) is 0 Å². The number of benzene rings is 1. The van der Waals surface area contributed by atoms with Crippen LogP contribution in [0.3, 0.4) is 0 Å². The van der Waals surface area contributed by atoms with Crippen LogP contribution >= 0.6 is 0 Å². The summed E-state index contributed by atoms with van der Waals surface area (Å²) >= 11 is 0. The van der Waals surface area contributed by atoms with E-state index in [9.17, 15) is 8.42 Å². The summed E-state index contributed by atoms with van der Waals surface area (Å²) in [6, 6.07) is 6.51. The van der Waals surface area contributed by atoms with E-state index in [-0.39, 0.29) is 18.1 Å². The van der Waals surface area contributed by atoms with Gasteiger partial charge >= 0.3 is 0 Å². The molecular weight excluding hydrogens is 462 g/mol. The van der Waals surface area contributed by atoms with Gasteiger partial charge in [-0.1, -0.05) is 31.0 Å². The fourth-order valence-corrected chi connectivity index (χ4v) is 3.61. The Hall–Kier alpha value is -1.11. The third-order valence-electron chi connectivity index (χ3n) is 4.77. The predicted molar refractivity (Wildman–Crippen MR) is 131 cm³/mol. The third-order valence-corrected chi connectivity index (χ3v) is 6.10. The number of rotatable bonds is 23. The molecule has 0 atom stereocenters. The summed E-state index contributed by atoms with van der Waals surface area (Å²) in [5, 5.41) is 0. The van der Waals surface area contributed by atoms with Gasteiger partial charge in [0.25, 0.3) is 10.1 Å². The van der Waals surface area contributed by atoms with Crippen LogP contribution in [0.4, 0.5) is 0 Å². The molecule has 10 heteroatoms. The number of hydrogen-bond donors (Lipinski definition) is 0. The Kier molecular flexibility index (Phi) is 18.3. The number of aryl methyl sites for hydroxylation is 1. The van der Waals surface area contributed by atoms with E-state index in [2.05, 4.69) is 18.9 Å². The molecule has 0 saturated carbocycles. The Labute approximate surface area is 205 Å². The van der Waals surface area contributed by atoms with Crippen LogP contribution in [-0.4, -0.2) is 106 Å². The quantitative estimate of drug-likeness (QED) is 0.164. The van der Waals surface area contributed by atoms with Gasteiger partial charge in [0.05, 0.1) is 77.6 Å². The lowest BCUT2D eigenvalue weighted by molar-refractivity contribution is -0.0133. The summed E-state index contributed by atoms with van der Waals surface area (Å²) < 4.78 is 56.2. The largest absolute Gasteiger partial charge is 0.378 e. The SMILES string of the molecule is CCCCN(C)CCOCCOCCOCCOCCOCCOS(=O)(=O)c1ccc(C)cc1. The van der Waals surface area contributed by atoms with Crippen molar-refractivity contribution in [2.24, 2.45) is 0 Å². The minimum Gasteiger partial charge on any atom is -0.378 e. The second kappa shape index (κ2) is 20.1. The van der Waals surface area contributed by atoms with E-state index in [1.54, 1.807) is 12.1 Å². The molecule has 0 aliphatic rings. The molecule has 0 N–H and O–H groups in total. The van der Waals surface area contributed by atoms with Gasteiger partial charge in [0.2, 0.25) is 0 Å². The molecular formula is C24H43NO8S. The first-order valence-electron chi connectivity index (χ1n) is 12.0. The lowest BCUT2D eigenvalue weighted by Crippen LogP contribution is -2.24. The van der Waals surface area contributed by atoms with Gasteiger partial charge in [-0.15, -0.1) is 0 Å². The second-order valence-electron chi connectivity index (χ2n) is 7.81. The molecule has 0 amide bonds. The van der Waals surface area contributed by atoms with E-state index < -0.39 is 10.1 Å². The molecule has 0 spiro atoms. The van der Waals surface area contributed by atoms with Gasteiger partial charge in [0, 0.05) is 6.54 Å². The van der Waals surface area contributed by atoms with E-state index in [4.69, 9.17) is 27.9 Å². The van der Waals surface area contributed by atoms with Crippen molar-refractivity contribution in [2.75, 3.05) is 92.8 Å². The maximum Gasteiger partial charge on any atom is 0.297 e. The molecule has 0 unspecified atom stereocenters. The van der Waals surface area contributed by atoms with Gasteiger partial charge in [-0.2, -0.15) is 8.42 Å². The average molecular weight is 506 g/mol. The monoisotopic (exact) mass is 505 g/mol. The fourth-order valence-electron chi connectivity index (χ4n) is 2.72. The zero-order valence-electron chi connectivity index (χ0n) is 21.0. The molecule has 34 heavy (non-hydrogen) atoms. The summed E-state index contributed by atoms with van der Waals surface area (Å²) in [5.74, 6) is 0. The van der Waals surface area contributed by atoms with Gasteiger partial charge in [-0.05, 0) is 39.1 Å². The molecule has 0 saturated heterocycles. The highest BCUT2D eigenvalue weighted by atomic mass is 32.2. The summed E-state index contributed by atoms with van der Waals surface area (Å²) in [6.45, 7) is 10.8. The van der Waals surface area contributed by atoms with Crippen LogP contribution in [0.5, 0.6) is 0 Å². The summed E-state index contributed by atoms with van der Waals surface area (Å²) in [4.78, 5) is 2.42. The maximum atomic E-state index is 12.0. The van der Waals surface area contributed by atoms with E-state index in [1.807, 2.05) is 6.92 Å². The van der Waals surface area contributed by atoms with Gasteiger partial charge in [0.15, 0.2) is 0 Å². The van der Waals surface area contributed by atoms with Gasteiger partial charge in [-0.25, -0.2) is 0 Å². The molecule has 0 fully saturated rings. The highest BCUT2D eigenvalue weighted by Crippen LogP contribution is 2.12. The Balaban J connectivity index is 1.81. The Morgan fingerprint density at radius 1 is 0.676 bits per heavy atom. The number of nitrogens with zero attached hydrogens (tertiary/aromatic N) is 1. The van der Waals surface area contributed by atoms with Gasteiger partial charge < -0.3 is 28.6 Å². The summed E-state index contributed by atoms with van der Waals surface area (Å²) in [7, 11) is -1.64. The third kappa shape index (κ3) is 16.5. The number of hydrogen-bond acceptors (Lipinski definition) is 9. The van der Waals surface area contributed by atoms with Crippen LogP contribution in [0, 0.1) is 6.92 Å². The van der Waals surface area contributed by atoms with Crippen molar-refractivity contribution in [3.8, 4) is 0 Å². The zero-order valence-corrected chi connectivity index (χ0v) is 21.9. The van der Waals surface area contributed by atoms with Crippen LogP contribution in [0.2, 0.25) is 0 Å². The van der Waals surface area contributed by atoms with E-state index in [0.717, 1.165) is 25.3 Å². The van der Waals surface area contributed by atoms with Gasteiger partial charge in [0.1, 0.15) is 0 Å². The fraction of sp³-hybridized carbons (Fsp3) is 0.750. The molecule has 0 aliphatic heterocycles.